The number of hydrogen-bond donors (Lipinski definition) is 3. The number of carbonyl (C=O) groups is 3. The van der Waals surface area contributed by atoms with Gasteiger partial charge in [-0.05, 0) is 43.9 Å². The molecule has 0 bridgehead atoms. The number of nitrogens with zero attached hydrogens (tertiary/aromatic N) is 4. The Morgan fingerprint density at radius 3 is 2.50 bits per heavy atom. The number of aromatic nitrogens is 3. The van der Waals surface area contributed by atoms with Crippen LogP contribution < -0.4 is 11.1 Å². The molecule has 1 amide bonds. The van der Waals surface area contributed by atoms with Gasteiger partial charge in [0.2, 0.25) is 5.60 Å². The lowest BCUT2D eigenvalue weighted by Gasteiger charge is -2.29. The van der Waals surface area contributed by atoms with Crippen molar-refractivity contribution in [1.29, 1.82) is 5.26 Å². The van der Waals surface area contributed by atoms with E-state index in [-0.39, 0.29) is 23.4 Å². The van der Waals surface area contributed by atoms with E-state index in [1.165, 1.54) is 16.6 Å². The van der Waals surface area contributed by atoms with Crippen LogP contribution >= 0.6 is 0 Å². The van der Waals surface area contributed by atoms with Crippen LogP contribution in [0.5, 0.6) is 0 Å². The van der Waals surface area contributed by atoms with Crippen molar-refractivity contribution in [2.45, 2.75) is 83.5 Å². The summed E-state index contributed by atoms with van der Waals surface area (Å²) in [6, 6.07) is 12.9. The number of nitrogens with two attached hydrogens (primary N) is 1. The van der Waals surface area contributed by atoms with Gasteiger partial charge in [-0.3, -0.25) is 14.4 Å². The molecule has 46 heavy (non-hydrogen) atoms. The molecule has 3 aromatic rings. The molecule has 0 radical (unpaired) electrons. The van der Waals surface area contributed by atoms with Gasteiger partial charge in [0, 0.05) is 6.61 Å². The van der Waals surface area contributed by atoms with E-state index in [1.807, 2.05) is 12.1 Å². The van der Waals surface area contributed by atoms with E-state index >= 15 is 0 Å². The topological polar surface area (TPSA) is 200 Å². The predicted molar refractivity (Wildman–Crippen MR) is 164 cm³/mol. The van der Waals surface area contributed by atoms with Gasteiger partial charge in [-0.2, -0.15) is 10.4 Å². The van der Waals surface area contributed by atoms with Crippen molar-refractivity contribution in [3.63, 3.8) is 0 Å². The van der Waals surface area contributed by atoms with Crippen LogP contribution in [-0.4, -0.2) is 80.7 Å². The molecule has 1 saturated heterocycles. The lowest BCUT2D eigenvalue weighted by atomic mass is 9.87. The van der Waals surface area contributed by atoms with E-state index in [0.29, 0.717) is 6.61 Å². The van der Waals surface area contributed by atoms with Crippen LogP contribution in [0, 0.1) is 16.7 Å². The van der Waals surface area contributed by atoms with Crippen molar-refractivity contribution >= 4 is 29.2 Å². The Labute approximate surface area is 266 Å². The molecule has 1 fully saturated rings. The molecule has 0 spiro atoms. The van der Waals surface area contributed by atoms with Crippen LogP contribution in [0.2, 0.25) is 0 Å². The lowest BCUT2D eigenvalue weighted by molar-refractivity contribution is -0.163. The highest BCUT2D eigenvalue weighted by molar-refractivity contribution is 5.98. The fourth-order valence-corrected chi connectivity index (χ4v) is 4.99. The smallest absolute Gasteiger partial charge is 0.323 e. The highest BCUT2D eigenvalue weighted by atomic mass is 16.6. The summed E-state index contributed by atoms with van der Waals surface area (Å²) in [5.74, 6) is -1.78. The molecule has 4 rings (SSSR count). The highest BCUT2D eigenvalue weighted by Gasteiger charge is 2.60. The van der Waals surface area contributed by atoms with Crippen LogP contribution in [0.4, 0.5) is 5.82 Å². The average Bonchev–Trinajstić information content (AvgIpc) is 3.56. The maximum atomic E-state index is 13.1. The maximum Gasteiger partial charge on any atom is 0.323 e. The van der Waals surface area contributed by atoms with Crippen molar-refractivity contribution in [1.82, 2.24) is 14.6 Å². The minimum Gasteiger partial charge on any atom is -0.463 e. The Bertz CT molecular complexity index is 1610. The summed E-state index contributed by atoms with van der Waals surface area (Å²) in [4.78, 5) is 42.9. The van der Waals surface area contributed by atoms with Gasteiger partial charge in [0.1, 0.15) is 48.4 Å². The van der Waals surface area contributed by atoms with Gasteiger partial charge in [0.25, 0.3) is 5.91 Å². The second-order valence-electron chi connectivity index (χ2n) is 12.6. The normalized spacial score (nSPS) is 22.2. The Balaban J connectivity index is 1.67. The molecule has 1 aromatic carbocycles. The number of rotatable bonds is 11. The fourth-order valence-electron chi connectivity index (χ4n) is 4.99. The zero-order valence-electron chi connectivity index (χ0n) is 26.7. The highest BCUT2D eigenvalue weighted by Crippen LogP contribution is 2.42. The van der Waals surface area contributed by atoms with Crippen molar-refractivity contribution in [2.75, 3.05) is 18.5 Å². The summed E-state index contributed by atoms with van der Waals surface area (Å²) < 4.78 is 24.1. The quantitative estimate of drug-likeness (QED) is 0.259. The molecule has 14 heteroatoms. The number of aliphatic hydroxyl groups is 1. The third-order valence-electron chi connectivity index (χ3n) is 7.75. The van der Waals surface area contributed by atoms with Gasteiger partial charge in [0.15, 0.2) is 11.9 Å². The van der Waals surface area contributed by atoms with Gasteiger partial charge in [-0.25, -0.2) is 9.50 Å². The van der Waals surface area contributed by atoms with Gasteiger partial charge in [0.05, 0.1) is 12.1 Å². The Hall–Kier alpha value is -4.42. The molecule has 1 aliphatic rings. The number of fused-ring (bicyclic) bond motifs is 1. The second-order valence-corrected chi connectivity index (χ2v) is 12.6. The number of nitriles is 1. The molecule has 0 unspecified atom stereocenters. The van der Waals surface area contributed by atoms with E-state index in [1.54, 1.807) is 65.8 Å². The molecule has 2 aromatic heterocycles. The fraction of sp³-hybridized carbons (Fsp3) is 0.500. The van der Waals surface area contributed by atoms with Crippen molar-refractivity contribution in [2.24, 2.45) is 11.1 Å². The largest absolute Gasteiger partial charge is 0.463 e. The monoisotopic (exact) mass is 636 g/mol. The molecule has 0 saturated carbocycles. The van der Waals surface area contributed by atoms with Gasteiger partial charge in [-0.15, -0.1) is 0 Å². The number of aliphatic hydroxyl groups excluding tert-OH is 1. The predicted octanol–water partition coefficient (Wildman–Crippen LogP) is 2.03. The molecular formula is C32H40N6O8. The first kappa shape index (κ1) is 34.5. The van der Waals surface area contributed by atoms with Gasteiger partial charge < -0.3 is 35.1 Å². The van der Waals surface area contributed by atoms with E-state index in [0.717, 1.165) is 11.9 Å². The summed E-state index contributed by atoms with van der Waals surface area (Å²) in [7, 11) is 0. The van der Waals surface area contributed by atoms with E-state index in [4.69, 9.17) is 24.7 Å². The molecule has 14 nitrogen and oxygen atoms in total. The number of esters is 2. The first-order valence-electron chi connectivity index (χ1n) is 14.9. The molecular weight excluding hydrogens is 596 g/mol. The minimum absolute atomic E-state index is 0.0340. The van der Waals surface area contributed by atoms with Crippen LogP contribution in [0.1, 0.15) is 52.8 Å². The third-order valence-corrected chi connectivity index (χ3v) is 7.75. The number of benzene rings is 1. The van der Waals surface area contributed by atoms with Crippen molar-refractivity contribution in [3.05, 3.63) is 60.0 Å². The zero-order valence-corrected chi connectivity index (χ0v) is 26.7. The standard InChI is InChI=1S/C32H40N6O8/c1-7-44-31(5,6)29(42)37-27-20-13-14-22(38(20)36-18-35-27)32(17-33)26(40)24(45-28(41)25(34)30(2,3)4)21(46-32)16-43-23(39)15-19-11-9-8-10-12-19/h8-14,18,21,24-26,40H,7,15-16,34H2,1-6H3,(H,35,36,37,42)/t21-,24-,25+,26-,32+/m1/s1. The van der Waals surface area contributed by atoms with Crippen LogP contribution in [0.15, 0.2) is 48.8 Å². The molecule has 3 heterocycles. The maximum absolute atomic E-state index is 13.1. The summed E-state index contributed by atoms with van der Waals surface area (Å²) in [6.45, 7) is 10.1. The van der Waals surface area contributed by atoms with Crippen molar-refractivity contribution in [3.8, 4) is 6.07 Å². The summed E-state index contributed by atoms with van der Waals surface area (Å²) >= 11 is 0. The molecule has 1 aliphatic heterocycles. The number of nitrogens with one attached hydrogen (secondary N) is 1. The molecule has 246 valence electrons. The first-order chi connectivity index (χ1) is 21.6. The van der Waals surface area contributed by atoms with E-state index in [9.17, 15) is 24.8 Å². The molecule has 4 N–H and O–H groups in total. The van der Waals surface area contributed by atoms with Crippen LogP contribution in [0.25, 0.3) is 5.52 Å². The molecule has 0 aliphatic carbocycles. The minimum atomic E-state index is -2.15. The summed E-state index contributed by atoms with van der Waals surface area (Å²) in [6.07, 6.45) is -3.36. The number of carbonyl (C=O) groups excluding carboxylic acids is 3. The first-order valence-corrected chi connectivity index (χ1v) is 14.9. The average molecular weight is 637 g/mol. The number of hydrogen-bond acceptors (Lipinski definition) is 12. The SMILES string of the molecule is CCOC(C)(C)C(=O)Nc1ncnn2c([C@]3(C#N)O[C@H](COC(=O)Cc4ccccc4)[C@@H](OC(=O)[C@H](N)C(C)(C)C)[C@H]3O)ccc12. The molecule has 5 atom stereocenters. The third kappa shape index (κ3) is 7.02. The number of ether oxygens (including phenoxy) is 4. The number of anilines is 1. The Kier molecular flexibility index (Phi) is 10.1. The zero-order chi connectivity index (χ0) is 33.9. The van der Waals surface area contributed by atoms with E-state index < -0.39 is 65.4 Å². The van der Waals surface area contributed by atoms with Crippen LogP contribution in [-0.2, 0) is 45.4 Å². The van der Waals surface area contributed by atoms with E-state index in [2.05, 4.69) is 15.4 Å². The number of amides is 1. The summed E-state index contributed by atoms with van der Waals surface area (Å²) in [5, 5.41) is 29.1. The van der Waals surface area contributed by atoms with Crippen LogP contribution in [0.3, 0.4) is 0 Å². The Morgan fingerprint density at radius 1 is 1.17 bits per heavy atom. The Morgan fingerprint density at radius 2 is 1.87 bits per heavy atom. The lowest BCUT2D eigenvalue weighted by Crippen LogP contribution is -2.49. The second kappa shape index (κ2) is 13.5. The van der Waals surface area contributed by atoms with Gasteiger partial charge in [-0.1, -0.05) is 51.1 Å². The van der Waals surface area contributed by atoms with Crippen molar-refractivity contribution < 1.29 is 38.4 Å². The van der Waals surface area contributed by atoms with Gasteiger partial charge >= 0.3 is 11.9 Å². The summed E-state index contributed by atoms with van der Waals surface area (Å²) in [5.41, 5.74) is 3.19.